The van der Waals surface area contributed by atoms with Crippen LogP contribution in [0, 0.1) is 6.92 Å². The molecular formula is C19H17BrN2O5S. The van der Waals surface area contributed by atoms with Crippen molar-refractivity contribution in [3.05, 3.63) is 63.1 Å². The van der Waals surface area contributed by atoms with E-state index in [1.807, 2.05) is 6.92 Å². The molecule has 0 aliphatic rings. The Morgan fingerprint density at radius 3 is 2.00 bits per heavy atom. The predicted molar refractivity (Wildman–Crippen MR) is 112 cm³/mol. The quantitative estimate of drug-likeness (QED) is 0.528. The molecule has 7 nitrogen and oxygen atoms in total. The molecule has 0 aliphatic heterocycles. The highest BCUT2D eigenvalue weighted by molar-refractivity contribution is 9.10. The van der Waals surface area contributed by atoms with Crippen molar-refractivity contribution >= 4 is 56.8 Å². The third-order valence-corrected chi connectivity index (χ3v) is 4.75. The van der Waals surface area contributed by atoms with Gasteiger partial charge in [0.15, 0.2) is 5.11 Å². The summed E-state index contributed by atoms with van der Waals surface area (Å²) in [6.07, 6.45) is 0. The fraction of sp³-hybridized carbons (Fsp3) is 0.158. The van der Waals surface area contributed by atoms with Crippen LogP contribution in [0.2, 0.25) is 0 Å². The Balaban J connectivity index is 2.19. The molecule has 0 heterocycles. The molecule has 0 fully saturated rings. The number of benzene rings is 2. The molecule has 2 aromatic rings. The fourth-order valence-corrected chi connectivity index (χ4v) is 2.83. The standard InChI is InChI=1S/C19H17BrN2O5S/c1-10-4-5-11(9-15(10)20)16(23)22-19(28)21-14-7-12(17(24)26-2)6-13(8-14)18(25)27-3/h4-9H,1-3H3,(H2,21,22,23,28). The van der Waals surface area contributed by atoms with E-state index >= 15 is 0 Å². The van der Waals surface area contributed by atoms with Crippen LogP contribution in [0.25, 0.3) is 0 Å². The van der Waals surface area contributed by atoms with Crippen molar-refractivity contribution in [3.63, 3.8) is 0 Å². The molecule has 0 aromatic heterocycles. The summed E-state index contributed by atoms with van der Waals surface area (Å²) in [7, 11) is 2.45. The summed E-state index contributed by atoms with van der Waals surface area (Å²) in [4.78, 5) is 36.0. The molecular weight excluding hydrogens is 448 g/mol. The average molecular weight is 465 g/mol. The number of thiocarbonyl (C=S) groups is 1. The lowest BCUT2D eigenvalue weighted by molar-refractivity contribution is 0.0599. The SMILES string of the molecule is COC(=O)c1cc(NC(=S)NC(=O)c2ccc(C)c(Br)c2)cc(C(=O)OC)c1. The van der Waals surface area contributed by atoms with Gasteiger partial charge in [-0.15, -0.1) is 0 Å². The summed E-state index contributed by atoms with van der Waals surface area (Å²) < 4.78 is 10.2. The minimum atomic E-state index is -0.631. The number of aryl methyl sites for hydroxylation is 1. The number of ether oxygens (including phenoxy) is 2. The molecule has 0 radical (unpaired) electrons. The molecule has 0 atom stereocenters. The zero-order valence-electron chi connectivity index (χ0n) is 15.3. The van der Waals surface area contributed by atoms with Crippen LogP contribution < -0.4 is 10.6 Å². The minimum absolute atomic E-state index is 0.000436. The summed E-state index contributed by atoms with van der Waals surface area (Å²) in [5.74, 6) is -1.67. The van der Waals surface area contributed by atoms with Crippen LogP contribution in [-0.4, -0.2) is 37.2 Å². The maximum atomic E-state index is 12.3. The summed E-state index contributed by atoms with van der Waals surface area (Å²) >= 11 is 8.53. The number of halogens is 1. The number of hydrogen-bond donors (Lipinski definition) is 2. The number of carbonyl (C=O) groups excluding carboxylic acids is 3. The summed E-state index contributed by atoms with van der Waals surface area (Å²) in [5, 5.41) is 5.32. The number of carbonyl (C=O) groups is 3. The van der Waals surface area contributed by atoms with Crippen LogP contribution in [0.15, 0.2) is 40.9 Å². The van der Waals surface area contributed by atoms with Gasteiger partial charge in [-0.1, -0.05) is 22.0 Å². The first-order valence-electron chi connectivity index (χ1n) is 7.95. The van der Waals surface area contributed by atoms with Crippen molar-refractivity contribution in [2.24, 2.45) is 0 Å². The zero-order chi connectivity index (χ0) is 20.8. The highest BCUT2D eigenvalue weighted by atomic mass is 79.9. The van der Waals surface area contributed by atoms with E-state index in [2.05, 4.69) is 36.0 Å². The van der Waals surface area contributed by atoms with E-state index in [0.29, 0.717) is 11.3 Å². The second-order valence-electron chi connectivity index (χ2n) is 5.65. The van der Waals surface area contributed by atoms with Crippen LogP contribution in [-0.2, 0) is 9.47 Å². The monoisotopic (exact) mass is 464 g/mol. The molecule has 0 spiro atoms. The Kier molecular flexibility index (Phi) is 7.24. The van der Waals surface area contributed by atoms with Gasteiger partial charge in [-0.25, -0.2) is 9.59 Å². The van der Waals surface area contributed by atoms with E-state index in [0.717, 1.165) is 10.0 Å². The van der Waals surface area contributed by atoms with Crippen molar-refractivity contribution in [3.8, 4) is 0 Å². The molecule has 0 saturated carbocycles. The molecule has 0 unspecified atom stereocenters. The van der Waals surface area contributed by atoms with Crippen molar-refractivity contribution in [2.45, 2.75) is 6.92 Å². The Bertz CT molecular complexity index is 927. The van der Waals surface area contributed by atoms with Crippen molar-refractivity contribution in [1.29, 1.82) is 0 Å². The second-order valence-corrected chi connectivity index (χ2v) is 6.92. The van der Waals surface area contributed by atoms with E-state index in [4.69, 9.17) is 12.2 Å². The van der Waals surface area contributed by atoms with E-state index in [9.17, 15) is 14.4 Å². The first-order chi connectivity index (χ1) is 13.2. The third kappa shape index (κ3) is 5.37. The van der Waals surface area contributed by atoms with Gasteiger partial charge in [-0.2, -0.15) is 0 Å². The van der Waals surface area contributed by atoms with Gasteiger partial charge in [0.05, 0.1) is 25.3 Å². The molecule has 146 valence electrons. The van der Waals surface area contributed by atoms with Gasteiger partial charge in [0.1, 0.15) is 0 Å². The molecule has 0 bridgehead atoms. The largest absolute Gasteiger partial charge is 0.465 e. The molecule has 0 aliphatic carbocycles. The zero-order valence-corrected chi connectivity index (χ0v) is 17.7. The van der Waals surface area contributed by atoms with Gasteiger partial charge in [0, 0.05) is 15.7 Å². The van der Waals surface area contributed by atoms with Gasteiger partial charge in [0.2, 0.25) is 0 Å². The van der Waals surface area contributed by atoms with E-state index in [-0.39, 0.29) is 16.2 Å². The maximum Gasteiger partial charge on any atom is 0.337 e. The first kappa shape index (κ1) is 21.5. The fourth-order valence-electron chi connectivity index (χ4n) is 2.24. The number of nitrogens with one attached hydrogen (secondary N) is 2. The van der Waals surface area contributed by atoms with Crippen molar-refractivity contribution < 1.29 is 23.9 Å². The maximum absolute atomic E-state index is 12.3. The van der Waals surface area contributed by atoms with Gasteiger partial charge in [-0.3, -0.25) is 10.1 Å². The number of hydrogen-bond acceptors (Lipinski definition) is 6. The Morgan fingerprint density at radius 2 is 1.50 bits per heavy atom. The average Bonchev–Trinajstić information content (AvgIpc) is 2.68. The van der Waals surface area contributed by atoms with Crippen LogP contribution in [0.4, 0.5) is 5.69 Å². The second kappa shape index (κ2) is 9.43. The highest BCUT2D eigenvalue weighted by Crippen LogP contribution is 2.19. The highest BCUT2D eigenvalue weighted by Gasteiger charge is 2.15. The Morgan fingerprint density at radius 1 is 0.929 bits per heavy atom. The van der Waals surface area contributed by atoms with Crippen LogP contribution in [0.1, 0.15) is 36.6 Å². The summed E-state index contributed by atoms with van der Waals surface area (Å²) in [6.45, 7) is 1.91. The molecule has 2 aromatic carbocycles. The molecule has 9 heteroatoms. The van der Waals surface area contributed by atoms with Crippen molar-refractivity contribution in [2.75, 3.05) is 19.5 Å². The number of rotatable bonds is 4. The van der Waals surface area contributed by atoms with Crippen molar-refractivity contribution in [1.82, 2.24) is 5.32 Å². The molecule has 2 rings (SSSR count). The van der Waals surface area contributed by atoms with E-state index in [1.54, 1.807) is 18.2 Å². The first-order valence-corrected chi connectivity index (χ1v) is 9.15. The summed E-state index contributed by atoms with van der Waals surface area (Å²) in [5.41, 5.74) is 1.99. The lowest BCUT2D eigenvalue weighted by Gasteiger charge is -2.12. The summed E-state index contributed by atoms with van der Waals surface area (Å²) in [6, 6.07) is 9.39. The molecule has 2 N–H and O–H groups in total. The molecule has 1 amide bonds. The normalized spacial score (nSPS) is 10.0. The Hall–Kier alpha value is -2.78. The minimum Gasteiger partial charge on any atom is -0.465 e. The lowest BCUT2D eigenvalue weighted by Crippen LogP contribution is -2.34. The van der Waals surface area contributed by atoms with Gasteiger partial charge in [0.25, 0.3) is 5.91 Å². The number of amides is 1. The smallest absolute Gasteiger partial charge is 0.337 e. The number of anilines is 1. The number of methoxy groups -OCH3 is 2. The third-order valence-electron chi connectivity index (χ3n) is 3.69. The lowest BCUT2D eigenvalue weighted by atomic mass is 10.1. The number of esters is 2. The Labute approximate surface area is 175 Å². The topological polar surface area (TPSA) is 93.7 Å². The van der Waals surface area contributed by atoms with Gasteiger partial charge < -0.3 is 14.8 Å². The van der Waals surface area contributed by atoms with Crippen LogP contribution in [0.5, 0.6) is 0 Å². The van der Waals surface area contributed by atoms with Gasteiger partial charge in [-0.05, 0) is 55.0 Å². The van der Waals surface area contributed by atoms with E-state index in [1.165, 1.54) is 32.4 Å². The van der Waals surface area contributed by atoms with Crippen LogP contribution in [0.3, 0.4) is 0 Å². The van der Waals surface area contributed by atoms with Crippen LogP contribution >= 0.6 is 28.1 Å². The van der Waals surface area contributed by atoms with E-state index < -0.39 is 17.8 Å². The van der Waals surface area contributed by atoms with Gasteiger partial charge >= 0.3 is 11.9 Å². The molecule has 0 saturated heterocycles. The predicted octanol–water partition coefficient (Wildman–Crippen LogP) is 3.46. The molecule has 28 heavy (non-hydrogen) atoms.